The first kappa shape index (κ1) is 17.5. The van der Waals surface area contributed by atoms with E-state index in [0.29, 0.717) is 12.5 Å². The van der Waals surface area contributed by atoms with Gasteiger partial charge >= 0.3 is 6.18 Å². The minimum absolute atomic E-state index is 0. The second-order valence-corrected chi connectivity index (χ2v) is 5.43. The van der Waals surface area contributed by atoms with Crippen molar-refractivity contribution >= 4 is 18.3 Å². The quantitative estimate of drug-likeness (QED) is 0.829. The first-order chi connectivity index (χ1) is 8.82. The Morgan fingerprint density at radius 3 is 2.65 bits per heavy atom. The average Bonchev–Trinajstić information content (AvgIpc) is 2.94. The Labute approximate surface area is 122 Å². The molecule has 0 spiro atoms. The predicted molar refractivity (Wildman–Crippen MR) is 69.7 cm³/mol. The SMILES string of the molecule is Cl.O=C(CCC1CCCN1)N1CCC(O)(C(F)(F)F)C1. The number of carbonyl (C=O) groups is 1. The molecule has 0 saturated carbocycles. The maximum atomic E-state index is 12.6. The van der Waals surface area contributed by atoms with Gasteiger partial charge in [-0.1, -0.05) is 0 Å². The van der Waals surface area contributed by atoms with E-state index in [-0.39, 0.29) is 31.3 Å². The maximum absolute atomic E-state index is 12.6. The van der Waals surface area contributed by atoms with E-state index in [1.165, 1.54) is 0 Å². The molecule has 2 aliphatic heterocycles. The summed E-state index contributed by atoms with van der Waals surface area (Å²) in [4.78, 5) is 13.0. The Balaban J connectivity index is 0.00000200. The molecule has 1 amide bonds. The van der Waals surface area contributed by atoms with Gasteiger partial charge in [0, 0.05) is 25.4 Å². The van der Waals surface area contributed by atoms with Crippen molar-refractivity contribution in [3.63, 3.8) is 0 Å². The van der Waals surface area contributed by atoms with Crippen LogP contribution in [0.2, 0.25) is 0 Å². The zero-order valence-corrected chi connectivity index (χ0v) is 11.9. The van der Waals surface area contributed by atoms with E-state index in [2.05, 4.69) is 5.32 Å². The number of alkyl halides is 3. The summed E-state index contributed by atoms with van der Waals surface area (Å²) >= 11 is 0. The summed E-state index contributed by atoms with van der Waals surface area (Å²) in [5.74, 6) is -0.297. The topological polar surface area (TPSA) is 52.6 Å². The number of hydrogen-bond donors (Lipinski definition) is 2. The molecule has 0 radical (unpaired) electrons. The Hall–Kier alpha value is -0.530. The molecule has 20 heavy (non-hydrogen) atoms. The normalized spacial score (nSPS) is 30.4. The number of nitrogens with zero attached hydrogens (tertiary/aromatic N) is 1. The molecule has 0 aromatic rings. The van der Waals surface area contributed by atoms with E-state index in [4.69, 9.17) is 0 Å². The van der Waals surface area contributed by atoms with Crippen LogP contribution in [0.15, 0.2) is 0 Å². The number of carbonyl (C=O) groups excluding carboxylic acids is 1. The fourth-order valence-corrected chi connectivity index (χ4v) is 2.70. The van der Waals surface area contributed by atoms with Crippen molar-refractivity contribution in [3.05, 3.63) is 0 Å². The van der Waals surface area contributed by atoms with Crippen LogP contribution in [-0.2, 0) is 4.79 Å². The van der Waals surface area contributed by atoms with Gasteiger partial charge in [0.05, 0.1) is 6.54 Å². The van der Waals surface area contributed by atoms with Gasteiger partial charge in [0.1, 0.15) is 0 Å². The van der Waals surface area contributed by atoms with Gasteiger partial charge in [0.15, 0.2) is 5.60 Å². The van der Waals surface area contributed by atoms with Crippen molar-refractivity contribution in [3.8, 4) is 0 Å². The molecule has 0 aromatic carbocycles. The van der Waals surface area contributed by atoms with Gasteiger partial charge in [0.2, 0.25) is 5.91 Å². The van der Waals surface area contributed by atoms with Crippen LogP contribution in [-0.4, -0.2) is 53.4 Å². The van der Waals surface area contributed by atoms with Gasteiger partial charge < -0.3 is 15.3 Å². The number of hydrogen-bond acceptors (Lipinski definition) is 3. The second-order valence-electron chi connectivity index (χ2n) is 5.43. The van der Waals surface area contributed by atoms with Crippen molar-refractivity contribution in [1.82, 2.24) is 10.2 Å². The van der Waals surface area contributed by atoms with Crippen LogP contribution in [0, 0.1) is 0 Å². The molecule has 0 aromatic heterocycles. The highest BCUT2D eigenvalue weighted by Gasteiger charge is 2.57. The number of nitrogens with one attached hydrogen (secondary N) is 1. The molecule has 118 valence electrons. The van der Waals surface area contributed by atoms with Crippen LogP contribution < -0.4 is 5.32 Å². The highest BCUT2D eigenvalue weighted by Crippen LogP contribution is 2.37. The lowest BCUT2D eigenvalue weighted by atomic mass is 10.0. The molecule has 4 nitrogen and oxygen atoms in total. The summed E-state index contributed by atoms with van der Waals surface area (Å²) in [5, 5.41) is 12.7. The monoisotopic (exact) mass is 316 g/mol. The zero-order valence-electron chi connectivity index (χ0n) is 11.1. The molecule has 2 heterocycles. The largest absolute Gasteiger partial charge is 0.419 e. The maximum Gasteiger partial charge on any atom is 0.419 e. The molecule has 2 N–H and O–H groups in total. The van der Waals surface area contributed by atoms with Crippen molar-refractivity contribution < 1.29 is 23.1 Å². The third kappa shape index (κ3) is 3.77. The molecule has 2 atom stereocenters. The molecule has 2 aliphatic rings. The third-order valence-corrected chi connectivity index (χ3v) is 4.00. The predicted octanol–water partition coefficient (Wildman–Crippen LogP) is 1.47. The number of rotatable bonds is 3. The molecule has 0 aliphatic carbocycles. The summed E-state index contributed by atoms with van der Waals surface area (Å²) in [5.41, 5.74) is -2.73. The number of β-amino-alcohol motifs (C(OH)–C–C–N with tert-alkyl or cyclic N) is 1. The molecule has 2 fully saturated rings. The van der Waals surface area contributed by atoms with Gasteiger partial charge in [0.25, 0.3) is 0 Å². The summed E-state index contributed by atoms with van der Waals surface area (Å²) in [6, 6.07) is 0.299. The van der Waals surface area contributed by atoms with Crippen LogP contribution in [0.4, 0.5) is 13.2 Å². The average molecular weight is 317 g/mol. The summed E-state index contributed by atoms with van der Waals surface area (Å²) in [6.07, 6.45) is -2.11. The molecule has 2 rings (SSSR count). The van der Waals surface area contributed by atoms with Crippen LogP contribution in [0.5, 0.6) is 0 Å². The van der Waals surface area contributed by atoms with Gasteiger partial charge in [-0.2, -0.15) is 13.2 Å². The van der Waals surface area contributed by atoms with Crippen molar-refractivity contribution in [2.24, 2.45) is 0 Å². The minimum atomic E-state index is -4.67. The standard InChI is InChI=1S/C12H19F3N2O2.ClH/c13-12(14,15)11(19)5-7-17(8-11)10(18)4-3-9-2-1-6-16-9;/h9,16,19H,1-8H2;1H. The Kier molecular flexibility index (Phi) is 5.69. The number of likely N-dealkylation sites (tertiary alicyclic amines) is 1. The lowest BCUT2D eigenvalue weighted by Crippen LogP contribution is -2.48. The number of aliphatic hydroxyl groups is 1. The fourth-order valence-electron chi connectivity index (χ4n) is 2.70. The molecule has 8 heteroatoms. The number of amides is 1. The highest BCUT2D eigenvalue weighted by molar-refractivity contribution is 5.85. The van der Waals surface area contributed by atoms with Crippen molar-refractivity contribution in [2.45, 2.75) is 49.9 Å². The summed E-state index contributed by atoms with van der Waals surface area (Å²) in [7, 11) is 0. The van der Waals surface area contributed by atoms with Gasteiger partial charge in [-0.25, -0.2) is 0 Å². The molecular formula is C12H20ClF3N2O2. The lowest BCUT2D eigenvalue weighted by Gasteiger charge is -2.26. The Bertz CT molecular complexity index is 348. The Morgan fingerprint density at radius 2 is 2.15 bits per heavy atom. The van der Waals surface area contributed by atoms with E-state index in [1.807, 2.05) is 0 Å². The number of halogens is 4. The van der Waals surface area contributed by atoms with E-state index in [9.17, 15) is 23.1 Å². The fraction of sp³-hybridized carbons (Fsp3) is 0.917. The molecule has 0 bridgehead atoms. The van der Waals surface area contributed by atoms with E-state index in [0.717, 1.165) is 24.3 Å². The van der Waals surface area contributed by atoms with Gasteiger partial charge in [-0.15, -0.1) is 12.4 Å². The van der Waals surface area contributed by atoms with Gasteiger partial charge in [-0.3, -0.25) is 4.79 Å². The molecule has 2 unspecified atom stereocenters. The van der Waals surface area contributed by atoms with E-state index in [1.54, 1.807) is 0 Å². The van der Waals surface area contributed by atoms with Crippen LogP contribution in [0.25, 0.3) is 0 Å². The van der Waals surface area contributed by atoms with Crippen LogP contribution in [0.1, 0.15) is 32.1 Å². The first-order valence-electron chi connectivity index (χ1n) is 6.62. The molecule has 2 saturated heterocycles. The molecular weight excluding hydrogens is 297 g/mol. The Morgan fingerprint density at radius 1 is 1.45 bits per heavy atom. The minimum Gasteiger partial charge on any atom is -0.379 e. The van der Waals surface area contributed by atoms with Crippen molar-refractivity contribution in [2.75, 3.05) is 19.6 Å². The van der Waals surface area contributed by atoms with E-state index >= 15 is 0 Å². The smallest absolute Gasteiger partial charge is 0.379 e. The summed E-state index contributed by atoms with van der Waals surface area (Å²) < 4.78 is 37.8. The van der Waals surface area contributed by atoms with Crippen LogP contribution in [0.3, 0.4) is 0 Å². The van der Waals surface area contributed by atoms with Crippen LogP contribution >= 0.6 is 12.4 Å². The highest BCUT2D eigenvalue weighted by atomic mass is 35.5. The lowest BCUT2D eigenvalue weighted by molar-refractivity contribution is -0.253. The summed E-state index contributed by atoms with van der Waals surface area (Å²) in [6.45, 7) is 0.288. The van der Waals surface area contributed by atoms with Crippen molar-refractivity contribution in [1.29, 1.82) is 0 Å². The third-order valence-electron chi connectivity index (χ3n) is 4.00. The zero-order chi connectivity index (χ0) is 14.1. The first-order valence-corrected chi connectivity index (χ1v) is 6.62. The van der Waals surface area contributed by atoms with E-state index < -0.39 is 24.7 Å². The van der Waals surface area contributed by atoms with Gasteiger partial charge in [-0.05, 0) is 25.8 Å². The second kappa shape index (κ2) is 6.49.